The summed E-state index contributed by atoms with van der Waals surface area (Å²) >= 11 is 1.71. The summed E-state index contributed by atoms with van der Waals surface area (Å²) in [5.41, 5.74) is 6.77. The van der Waals surface area contributed by atoms with E-state index in [0.29, 0.717) is 24.0 Å². The van der Waals surface area contributed by atoms with Crippen LogP contribution in [0.5, 0.6) is 0 Å². The van der Waals surface area contributed by atoms with Gasteiger partial charge in [0.05, 0.1) is 5.54 Å². The summed E-state index contributed by atoms with van der Waals surface area (Å²) in [6, 6.07) is 16.0. The Labute approximate surface area is 177 Å². The second-order valence-corrected chi connectivity index (χ2v) is 9.30. The molecule has 3 heterocycles. The first-order valence-electron chi connectivity index (χ1n) is 10.3. The van der Waals surface area contributed by atoms with E-state index >= 15 is 0 Å². The van der Waals surface area contributed by atoms with Crippen molar-refractivity contribution in [1.29, 1.82) is 0 Å². The smallest absolute Gasteiger partial charge is 0.261 e. The molecule has 0 radical (unpaired) electrons. The largest absolute Gasteiger partial charge is 0.328 e. The number of rotatable bonds is 2. The first-order chi connectivity index (χ1) is 14.6. The third-order valence-electron chi connectivity index (χ3n) is 6.76. The average molecular weight is 416 g/mol. The maximum absolute atomic E-state index is 13.8. The van der Waals surface area contributed by atoms with Gasteiger partial charge in [-0.1, -0.05) is 30.3 Å². The molecule has 2 aliphatic heterocycles. The minimum Gasteiger partial charge on any atom is -0.328 e. The molecule has 0 unspecified atom stereocenters. The van der Waals surface area contributed by atoms with Gasteiger partial charge >= 0.3 is 0 Å². The summed E-state index contributed by atoms with van der Waals surface area (Å²) in [4.78, 5) is 28.9. The number of amides is 2. The van der Waals surface area contributed by atoms with E-state index in [1.807, 2.05) is 36.4 Å². The standard InChI is InChI=1S/C24H21N3O2S/c25-13-24(8-10-26-11-9-24)27-22(28)16-6-3-5-15-20(16)18(23(27)29)12-17-14-4-1-2-7-19(14)30-21(15)17/h1-7,12,26H,8-11,13,25H2. The second kappa shape index (κ2) is 6.35. The maximum atomic E-state index is 13.8. The van der Waals surface area contributed by atoms with Crippen LogP contribution in [0, 0.1) is 0 Å². The van der Waals surface area contributed by atoms with Crippen molar-refractivity contribution in [2.24, 2.45) is 5.73 Å². The molecule has 2 amide bonds. The minimum atomic E-state index is -0.634. The van der Waals surface area contributed by atoms with Crippen molar-refractivity contribution in [2.45, 2.75) is 18.4 Å². The number of nitrogens with zero attached hydrogens (tertiary/aromatic N) is 1. The van der Waals surface area contributed by atoms with Gasteiger partial charge in [0.1, 0.15) is 0 Å². The van der Waals surface area contributed by atoms with Crippen molar-refractivity contribution >= 4 is 54.1 Å². The van der Waals surface area contributed by atoms with E-state index in [2.05, 4.69) is 17.4 Å². The van der Waals surface area contributed by atoms with Gasteiger partial charge in [-0.25, -0.2) is 0 Å². The monoisotopic (exact) mass is 415 g/mol. The third kappa shape index (κ3) is 2.24. The van der Waals surface area contributed by atoms with Crippen molar-refractivity contribution in [2.75, 3.05) is 19.6 Å². The number of nitrogens with one attached hydrogen (secondary N) is 1. The molecule has 0 atom stereocenters. The number of imide groups is 1. The molecule has 3 aromatic carbocycles. The molecule has 1 saturated heterocycles. The van der Waals surface area contributed by atoms with Crippen LogP contribution in [-0.4, -0.2) is 41.9 Å². The number of thiophene rings is 1. The Balaban J connectivity index is 1.68. The van der Waals surface area contributed by atoms with Crippen LogP contribution >= 0.6 is 11.3 Å². The van der Waals surface area contributed by atoms with Crippen LogP contribution < -0.4 is 11.1 Å². The number of fused-ring (bicyclic) bond motifs is 4. The molecule has 0 saturated carbocycles. The Morgan fingerprint density at radius 2 is 1.67 bits per heavy atom. The molecule has 1 fully saturated rings. The summed E-state index contributed by atoms with van der Waals surface area (Å²) in [5, 5.41) is 7.30. The van der Waals surface area contributed by atoms with E-state index in [0.717, 1.165) is 39.3 Å². The van der Waals surface area contributed by atoms with Gasteiger partial charge < -0.3 is 11.1 Å². The van der Waals surface area contributed by atoms with Crippen LogP contribution in [0.25, 0.3) is 30.9 Å². The van der Waals surface area contributed by atoms with Crippen LogP contribution in [0.4, 0.5) is 0 Å². The summed E-state index contributed by atoms with van der Waals surface area (Å²) in [6.45, 7) is 1.78. The lowest BCUT2D eigenvalue weighted by molar-refractivity contribution is 0.0316. The molecule has 30 heavy (non-hydrogen) atoms. The van der Waals surface area contributed by atoms with Crippen LogP contribution in [0.1, 0.15) is 33.6 Å². The number of benzene rings is 3. The van der Waals surface area contributed by atoms with E-state index in [1.165, 1.54) is 9.60 Å². The van der Waals surface area contributed by atoms with Gasteiger partial charge in [-0.05, 0) is 44.1 Å². The maximum Gasteiger partial charge on any atom is 0.261 e. The Morgan fingerprint density at radius 3 is 2.47 bits per heavy atom. The van der Waals surface area contributed by atoms with Crippen molar-refractivity contribution in [3.63, 3.8) is 0 Å². The summed E-state index contributed by atoms with van der Waals surface area (Å²) in [7, 11) is 0. The number of carbonyl (C=O) groups is 2. The molecule has 0 spiro atoms. The number of carbonyl (C=O) groups excluding carboxylic acids is 2. The van der Waals surface area contributed by atoms with Crippen LogP contribution in [0.2, 0.25) is 0 Å². The Hall–Kier alpha value is -2.80. The molecular weight excluding hydrogens is 394 g/mol. The molecule has 4 aromatic rings. The first-order valence-corrected chi connectivity index (χ1v) is 11.1. The fourth-order valence-corrected chi connectivity index (χ4v) is 6.39. The summed E-state index contributed by atoms with van der Waals surface area (Å²) in [6.07, 6.45) is 1.35. The molecule has 1 aromatic heterocycles. The van der Waals surface area contributed by atoms with E-state index in [4.69, 9.17) is 5.73 Å². The third-order valence-corrected chi connectivity index (χ3v) is 7.98. The van der Waals surface area contributed by atoms with Crippen LogP contribution in [0.3, 0.4) is 0 Å². The fourth-order valence-electron chi connectivity index (χ4n) is 5.18. The van der Waals surface area contributed by atoms with E-state index in [9.17, 15) is 9.59 Å². The predicted octanol–water partition coefficient (Wildman–Crippen LogP) is 3.88. The molecule has 2 aliphatic rings. The average Bonchev–Trinajstić information content (AvgIpc) is 3.17. The van der Waals surface area contributed by atoms with Crippen molar-refractivity contribution < 1.29 is 9.59 Å². The number of hydrogen-bond acceptors (Lipinski definition) is 5. The van der Waals surface area contributed by atoms with Gasteiger partial charge in [0.25, 0.3) is 11.8 Å². The van der Waals surface area contributed by atoms with Gasteiger partial charge in [0.2, 0.25) is 0 Å². The van der Waals surface area contributed by atoms with Crippen molar-refractivity contribution in [3.05, 3.63) is 59.7 Å². The first kappa shape index (κ1) is 18.0. The zero-order valence-corrected chi connectivity index (χ0v) is 17.2. The topological polar surface area (TPSA) is 75.4 Å². The van der Waals surface area contributed by atoms with Gasteiger partial charge in [-0.15, -0.1) is 11.3 Å². The molecule has 0 aliphatic carbocycles. The van der Waals surface area contributed by atoms with Crippen molar-refractivity contribution in [3.8, 4) is 0 Å². The highest BCUT2D eigenvalue weighted by molar-refractivity contribution is 7.26. The van der Waals surface area contributed by atoms with Gasteiger partial charge in [0.15, 0.2) is 0 Å². The predicted molar refractivity (Wildman–Crippen MR) is 121 cm³/mol. The summed E-state index contributed by atoms with van der Waals surface area (Å²) < 4.78 is 2.31. The van der Waals surface area contributed by atoms with E-state index in [1.54, 1.807) is 11.3 Å². The van der Waals surface area contributed by atoms with Gasteiger partial charge in [0, 0.05) is 48.6 Å². The minimum absolute atomic E-state index is 0.215. The lowest BCUT2D eigenvalue weighted by Crippen LogP contribution is -2.63. The van der Waals surface area contributed by atoms with Crippen LogP contribution in [-0.2, 0) is 0 Å². The highest BCUT2D eigenvalue weighted by Crippen LogP contribution is 2.44. The van der Waals surface area contributed by atoms with E-state index in [-0.39, 0.29) is 18.4 Å². The number of nitrogens with two attached hydrogens (primary N) is 1. The quantitative estimate of drug-likeness (QED) is 0.487. The molecule has 5 nitrogen and oxygen atoms in total. The molecule has 6 heteroatoms. The fraction of sp³-hybridized carbons (Fsp3) is 0.250. The molecular formula is C24H21N3O2S. The second-order valence-electron chi connectivity index (χ2n) is 8.25. The highest BCUT2D eigenvalue weighted by atomic mass is 32.1. The molecule has 0 bridgehead atoms. The van der Waals surface area contributed by atoms with E-state index < -0.39 is 5.54 Å². The lowest BCUT2D eigenvalue weighted by Gasteiger charge is -2.46. The zero-order chi connectivity index (χ0) is 20.5. The van der Waals surface area contributed by atoms with Crippen molar-refractivity contribution in [1.82, 2.24) is 10.2 Å². The lowest BCUT2D eigenvalue weighted by atomic mass is 9.82. The Bertz CT molecular complexity index is 1370. The van der Waals surface area contributed by atoms with Gasteiger partial charge in [-0.2, -0.15) is 0 Å². The zero-order valence-electron chi connectivity index (χ0n) is 16.4. The highest BCUT2D eigenvalue weighted by Gasteiger charge is 2.47. The normalized spacial score (nSPS) is 18.6. The Kier molecular flexibility index (Phi) is 3.81. The number of piperidine rings is 1. The van der Waals surface area contributed by atoms with Crippen LogP contribution in [0.15, 0.2) is 48.5 Å². The SMILES string of the molecule is NCC1(N2C(=O)c3cccc4c3c(cc3c5ccccc5sc43)C2=O)CCNCC1. The Morgan fingerprint density at radius 1 is 0.933 bits per heavy atom. The molecule has 6 rings (SSSR count). The number of hydrogen-bond donors (Lipinski definition) is 2. The van der Waals surface area contributed by atoms with Gasteiger partial charge in [-0.3, -0.25) is 14.5 Å². The molecule has 3 N–H and O–H groups in total. The molecule has 150 valence electrons. The summed E-state index contributed by atoms with van der Waals surface area (Å²) in [5.74, 6) is -0.431.